The summed E-state index contributed by atoms with van der Waals surface area (Å²) in [5.74, 6) is -6.59. The van der Waals surface area contributed by atoms with Gasteiger partial charge in [-0.1, -0.05) is 44.2 Å². The van der Waals surface area contributed by atoms with E-state index in [1.807, 2.05) is 0 Å². The van der Waals surface area contributed by atoms with Crippen molar-refractivity contribution in [3.05, 3.63) is 54.1 Å². The molecular formula is C28H39N9O8. The number of hydrogen-bond donors (Lipinski definition) is 9. The molecule has 0 fully saturated rings. The van der Waals surface area contributed by atoms with Crippen molar-refractivity contribution in [2.75, 3.05) is 13.1 Å². The minimum absolute atomic E-state index is 0.0288. The molecular weight excluding hydrogens is 590 g/mol. The van der Waals surface area contributed by atoms with Crippen LogP contribution < -0.4 is 38.1 Å². The molecule has 244 valence electrons. The molecule has 6 amide bonds. The average Bonchev–Trinajstić information content (AvgIpc) is 3.50. The van der Waals surface area contributed by atoms with Crippen molar-refractivity contribution < 1.29 is 38.7 Å². The van der Waals surface area contributed by atoms with Gasteiger partial charge in [-0.25, -0.2) is 4.98 Å². The van der Waals surface area contributed by atoms with Crippen molar-refractivity contribution in [2.24, 2.45) is 17.4 Å². The molecule has 0 aliphatic carbocycles. The van der Waals surface area contributed by atoms with Gasteiger partial charge in [-0.2, -0.15) is 0 Å². The van der Waals surface area contributed by atoms with E-state index in [9.17, 15) is 33.6 Å². The number of carbonyl (C=O) groups excluding carboxylic acids is 6. The number of H-pyrrole nitrogens is 1. The molecule has 4 atom stereocenters. The number of aromatic amines is 1. The first kappa shape index (κ1) is 35.9. The first-order valence-electron chi connectivity index (χ1n) is 14.0. The number of primary amides is 1. The van der Waals surface area contributed by atoms with E-state index in [2.05, 4.69) is 36.6 Å². The largest absolute Gasteiger partial charge is 0.480 e. The van der Waals surface area contributed by atoms with Crippen molar-refractivity contribution in [3.8, 4) is 0 Å². The zero-order valence-corrected chi connectivity index (χ0v) is 24.9. The Bertz CT molecular complexity index is 1330. The third kappa shape index (κ3) is 12.4. The molecule has 0 saturated carbocycles. The second-order valence-electron chi connectivity index (χ2n) is 10.4. The van der Waals surface area contributed by atoms with Crippen LogP contribution >= 0.6 is 0 Å². The first-order valence-corrected chi connectivity index (χ1v) is 14.0. The SMILES string of the molecule is CC(C)C(NC(=O)C(Cc1ccccc1)NC(=O)C(CC(N)=O)NC(=O)CN)C(=O)NC(Cc1cnc[nH]1)C(=O)NCC(=O)O. The molecule has 0 spiro atoms. The van der Waals surface area contributed by atoms with E-state index in [1.165, 1.54) is 12.5 Å². The number of aliphatic carboxylic acids is 1. The van der Waals surface area contributed by atoms with E-state index in [0.29, 0.717) is 11.3 Å². The van der Waals surface area contributed by atoms with Crippen molar-refractivity contribution in [1.82, 2.24) is 36.6 Å². The van der Waals surface area contributed by atoms with Gasteiger partial charge in [0.15, 0.2) is 0 Å². The topological polar surface area (TPSA) is 281 Å². The second kappa shape index (κ2) is 17.7. The highest BCUT2D eigenvalue weighted by Gasteiger charge is 2.33. The number of hydrogen-bond acceptors (Lipinski definition) is 9. The fourth-order valence-electron chi connectivity index (χ4n) is 4.16. The average molecular weight is 630 g/mol. The third-order valence-corrected chi connectivity index (χ3v) is 6.43. The fourth-order valence-corrected chi connectivity index (χ4v) is 4.16. The van der Waals surface area contributed by atoms with E-state index in [1.54, 1.807) is 44.2 Å². The van der Waals surface area contributed by atoms with Gasteiger partial charge in [0, 0.05) is 24.7 Å². The van der Waals surface area contributed by atoms with Crippen LogP contribution in [0.1, 0.15) is 31.5 Å². The highest BCUT2D eigenvalue weighted by molar-refractivity contribution is 5.97. The highest BCUT2D eigenvalue weighted by atomic mass is 16.4. The maximum atomic E-state index is 13.6. The van der Waals surface area contributed by atoms with Gasteiger partial charge in [0.2, 0.25) is 35.4 Å². The van der Waals surface area contributed by atoms with Crippen LogP contribution in [0.5, 0.6) is 0 Å². The number of carboxylic acid groups (broad SMARTS) is 1. The number of benzene rings is 1. The smallest absolute Gasteiger partial charge is 0.322 e. The Kier molecular flexibility index (Phi) is 14.1. The van der Waals surface area contributed by atoms with Gasteiger partial charge in [-0.05, 0) is 11.5 Å². The first-order chi connectivity index (χ1) is 21.3. The standard InChI is InChI=1S/C28H39N9O8/c1-15(2)24(28(45)36-19(9-17-12-31-14-33-17)25(42)32-13-23(40)41)37-27(44)18(8-16-6-4-3-5-7-16)35-26(43)20(10-21(30)38)34-22(39)11-29/h3-7,12,14-15,18-20,24H,8-11,13,29H2,1-2H3,(H2,30,38)(H,31,33)(H,32,42)(H,34,39)(H,35,43)(H,36,45)(H,37,44)(H,40,41). The molecule has 1 heterocycles. The Hall–Kier alpha value is -5.32. The van der Waals surface area contributed by atoms with Gasteiger partial charge in [-0.15, -0.1) is 0 Å². The molecule has 17 nitrogen and oxygen atoms in total. The van der Waals surface area contributed by atoms with Gasteiger partial charge >= 0.3 is 5.97 Å². The quantitative estimate of drug-likeness (QED) is 0.0797. The molecule has 11 N–H and O–H groups in total. The Morgan fingerprint density at radius 1 is 0.844 bits per heavy atom. The number of carboxylic acids is 1. The zero-order valence-electron chi connectivity index (χ0n) is 24.9. The van der Waals surface area contributed by atoms with E-state index in [4.69, 9.17) is 16.6 Å². The predicted octanol–water partition coefficient (Wildman–Crippen LogP) is -3.17. The molecule has 0 bridgehead atoms. The number of carbonyl (C=O) groups is 7. The Balaban J connectivity index is 2.29. The number of amides is 6. The Morgan fingerprint density at radius 2 is 1.47 bits per heavy atom. The van der Waals surface area contributed by atoms with Gasteiger partial charge in [0.05, 0.1) is 19.3 Å². The number of aromatic nitrogens is 2. The second-order valence-corrected chi connectivity index (χ2v) is 10.4. The summed E-state index contributed by atoms with van der Waals surface area (Å²) in [6, 6.07) is 3.51. The van der Waals surface area contributed by atoms with Gasteiger partial charge in [0.1, 0.15) is 30.7 Å². The number of nitrogens with two attached hydrogens (primary N) is 2. The molecule has 4 unspecified atom stereocenters. The molecule has 0 saturated heterocycles. The highest BCUT2D eigenvalue weighted by Crippen LogP contribution is 2.09. The van der Waals surface area contributed by atoms with Crippen LogP contribution in [0.3, 0.4) is 0 Å². The lowest BCUT2D eigenvalue weighted by molar-refractivity contribution is -0.138. The third-order valence-electron chi connectivity index (χ3n) is 6.43. The van der Waals surface area contributed by atoms with Crippen LogP contribution in [0, 0.1) is 5.92 Å². The normalized spacial score (nSPS) is 13.4. The van der Waals surface area contributed by atoms with Crippen LogP contribution in [0.2, 0.25) is 0 Å². The van der Waals surface area contributed by atoms with Crippen molar-refractivity contribution in [1.29, 1.82) is 0 Å². The van der Waals surface area contributed by atoms with E-state index in [0.717, 1.165) is 0 Å². The van der Waals surface area contributed by atoms with Gasteiger partial charge in [0.25, 0.3) is 0 Å². The summed E-state index contributed by atoms with van der Waals surface area (Å²) < 4.78 is 0. The summed E-state index contributed by atoms with van der Waals surface area (Å²) in [5, 5.41) is 21.2. The summed E-state index contributed by atoms with van der Waals surface area (Å²) >= 11 is 0. The van der Waals surface area contributed by atoms with E-state index >= 15 is 0 Å². The summed E-state index contributed by atoms with van der Waals surface area (Å²) in [5.41, 5.74) is 11.7. The summed E-state index contributed by atoms with van der Waals surface area (Å²) in [6.45, 7) is 2.16. The molecule has 1 aromatic heterocycles. The summed E-state index contributed by atoms with van der Waals surface area (Å²) in [4.78, 5) is 94.1. The van der Waals surface area contributed by atoms with Crippen LogP contribution in [-0.2, 0) is 46.4 Å². The molecule has 0 aliphatic rings. The van der Waals surface area contributed by atoms with Crippen LogP contribution in [0.25, 0.3) is 0 Å². The molecule has 0 aliphatic heterocycles. The molecule has 17 heteroatoms. The fraction of sp³-hybridized carbons (Fsp3) is 0.429. The summed E-state index contributed by atoms with van der Waals surface area (Å²) in [7, 11) is 0. The molecule has 0 radical (unpaired) electrons. The maximum absolute atomic E-state index is 13.6. The van der Waals surface area contributed by atoms with Gasteiger partial charge in [-0.3, -0.25) is 33.6 Å². The maximum Gasteiger partial charge on any atom is 0.322 e. The van der Waals surface area contributed by atoms with E-state index in [-0.39, 0.29) is 12.8 Å². The number of rotatable bonds is 18. The summed E-state index contributed by atoms with van der Waals surface area (Å²) in [6.07, 6.45) is 2.16. The molecule has 45 heavy (non-hydrogen) atoms. The predicted molar refractivity (Wildman–Crippen MR) is 159 cm³/mol. The molecule has 2 aromatic rings. The van der Waals surface area contributed by atoms with Crippen molar-refractivity contribution in [2.45, 2.75) is 57.3 Å². The monoisotopic (exact) mass is 629 g/mol. The molecule has 1 aromatic carbocycles. The number of imidazole rings is 1. The van der Waals surface area contributed by atoms with Crippen molar-refractivity contribution >= 4 is 41.4 Å². The number of nitrogens with one attached hydrogen (secondary N) is 6. The zero-order chi connectivity index (χ0) is 33.5. The minimum Gasteiger partial charge on any atom is -0.480 e. The Labute approximate surface area is 258 Å². The van der Waals surface area contributed by atoms with E-state index < -0.39 is 91.0 Å². The number of nitrogens with zero attached hydrogens (tertiary/aromatic N) is 1. The molecule has 2 rings (SSSR count). The van der Waals surface area contributed by atoms with Crippen molar-refractivity contribution in [3.63, 3.8) is 0 Å². The van der Waals surface area contributed by atoms with Crippen LogP contribution in [-0.4, -0.2) is 93.7 Å². The van der Waals surface area contributed by atoms with Gasteiger partial charge < -0.3 is 48.1 Å². The Morgan fingerprint density at radius 3 is 2.02 bits per heavy atom. The lowest BCUT2D eigenvalue weighted by Gasteiger charge is -2.28. The van der Waals surface area contributed by atoms with Crippen LogP contribution in [0.15, 0.2) is 42.9 Å². The lowest BCUT2D eigenvalue weighted by Crippen LogP contribution is -2.60. The van der Waals surface area contributed by atoms with Crippen LogP contribution in [0.4, 0.5) is 0 Å². The lowest BCUT2D eigenvalue weighted by atomic mass is 10.00. The minimum atomic E-state index is -1.42.